The van der Waals surface area contributed by atoms with Crippen LogP contribution in [0.1, 0.15) is 113 Å². The Morgan fingerprint density at radius 1 is 0.774 bits per heavy atom. The quantitative estimate of drug-likeness (QED) is 0.421. The van der Waals surface area contributed by atoms with Crippen LogP contribution in [0.5, 0.6) is 0 Å². The third-order valence-corrected chi connectivity index (χ3v) is 13.1. The lowest BCUT2D eigenvalue weighted by molar-refractivity contribution is -0.244. The molecule has 5 saturated carbocycles. The Labute approximate surface area is 192 Å². The van der Waals surface area contributed by atoms with Gasteiger partial charge in [-0.1, -0.05) is 53.7 Å². The number of aliphatic hydroxyl groups is 1. The third-order valence-electron chi connectivity index (χ3n) is 13.1. The first-order chi connectivity index (χ1) is 14.3. The molecule has 5 aliphatic carbocycles. The van der Waals surface area contributed by atoms with Gasteiger partial charge in [0, 0.05) is 0 Å². The topological polar surface area (TPSA) is 20.2 Å². The molecular formula is C30H50O. The van der Waals surface area contributed by atoms with Crippen LogP contribution in [-0.2, 0) is 0 Å². The van der Waals surface area contributed by atoms with E-state index < -0.39 is 0 Å². The average Bonchev–Trinajstić information content (AvgIpc) is 2.99. The van der Waals surface area contributed by atoms with Gasteiger partial charge in [-0.05, 0) is 128 Å². The molecule has 176 valence electrons. The molecule has 0 spiro atoms. The SMILES string of the molecule is C=C(C)[C@@H]1CC[C@]2(C)CC[C@]3(C)[C@H](CC[C@@H]4[C@@]5(C)C[C@@H](O)CC(C)(C)[C@@H]5CC[C@]43C)[C@@H]12. The first kappa shape index (κ1) is 22.5. The minimum absolute atomic E-state index is 0.110. The van der Waals surface area contributed by atoms with Gasteiger partial charge in [0.05, 0.1) is 6.10 Å². The summed E-state index contributed by atoms with van der Waals surface area (Å²) in [6, 6.07) is 0. The molecule has 0 unspecified atom stereocenters. The highest BCUT2D eigenvalue weighted by Gasteiger charge is 2.70. The maximum absolute atomic E-state index is 11.0. The lowest BCUT2D eigenvalue weighted by Crippen LogP contribution is -2.66. The molecule has 5 fully saturated rings. The molecule has 1 heteroatoms. The minimum atomic E-state index is -0.110. The van der Waals surface area contributed by atoms with Gasteiger partial charge in [0.2, 0.25) is 0 Å². The molecule has 0 bridgehead atoms. The van der Waals surface area contributed by atoms with Crippen LogP contribution in [0.4, 0.5) is 0 Å². The summed E-state index contributed by atoms with van der Waals surface area (Å²) in [6.45, 7) is 22.4. The normalized spacial score (nSPS) is 57.9. The van der Waals surface area contributed by atoms with Gasteiger partial charge in [-0.15, -0.1) is 0 Å². The molecule has 0 saturated heterocycles. The predicted octanol–water partition coefficient (Wildman–Crippen LogP) is 8.02. The van der Waals surface area contributed by atoms with Gasteiger partial charge in [-0.25, -0.2) is 0 Å². The van der Waals surface area contributed by atoms with Crippen molar-refractivity contribution in [2.24, 2.45) is 56.7 Å². The summed E-state index contributed by atoms with van der Waals surface area (Å²) in [5.41, 5.74) is 3.43. The molecule has 0 aromatic carbocycles. The Morgan fingerprint density at radius 2 is 1.48 bits per heavy atom. The van der Waals surface area contributed by atoms with E-state index in [1.807, 2.05) is 0 Å². The highest BCUT2D eigenvalue weighted by molar-refractivity contribution is 5.20. The van der Waals surface area contributed by atoms with Crippen molar-refractivity contribution in [3.63, 3.8) is 0 Å². The van der Waals surface area contributed by atoms with Crippen molar-refractivity contribution in [1.29, 1.82) is 0 Å². The van der Waals surface area contributed by atoms with Crippen LogP contribution in [0.25, 0.3) is 0 Å². The van der Waals surface area contributed by atoms with E-state index in [2.05, 4.69) is 55.0 Å². The Hall–Kier alpha value is -0.300. The molecule has 0 aromatic rings. The van der Waals surface area contributed by atoms with E-state index in [9.17, 15) is 5.11 Å². The van der Waals surface area contributed by atoms with E-state index in [1.54, 1.807) is 0 Å². The molecule has 0 amide bonds. The number of hydrogen-bond donors (Lipinski definition) is 1. The molecule has 5 aliphatic rings. The van der Waals surface area contributed by atoms with E-state index >= 15 is 0 Å². The predicted molar refractivity (Wildman–Crippen MR) is 131 cm³/mol. The second-order valence-corrected chi connectivity index (χ2v) is 14.9. The summed E-state index contributed by atoms with van der Waals surface area (Å²) < 4.78 is 0. The Balaban J connectivity index is 1.55. The second-order valence-electron chi connectivity index (χ2n) is 14.9. The fourth-order valence-corrected chi connectivity index (χ4v) is 11.8. The smallest absolute Gasteiger partial charge is 0.0550 e. The van der Waals surface area contributed by atoms with Gasteiger partial charge in [0.25, 0.3) is 0 Å². The maximum atomic E-state index is 11.0. The first-order valence-corrected chi connectivity index (χ1v) is 13.6. The molecule has 31 heavy (non-hydrogen) atoms. The van der Waals surface area contributed by atoms with Crippen LogP contribution in [0.3, 0.4) is 0 Å². The number of fused-ring (bicyclic) bond motifs is 7. The van der Waals surface area contributed by atoms with Crippen molar-refractivity contribution in [1.82, 2.24) is 0 Å². The Morgan fingerprint density at radius 3 is 2.16 bits per heavy atom. The van der Waals surface area contributed by atoms with Crippen LogP contribution in [0.2, 0.25) is 0 Å². The molecule has 0 radical (unpaired) electrons. The highest BCUT2D eigenvalue weighted by Crippen LogP contribution is 2.77. The largest absolute Gasteiger partial charge is 0.393 e. The van der Waals surface area contributed by atoms with Crippen molar-refractivity contribution in [2.45, 2.75) is 119 Å². The molecule has 0 aromatic heterocycles. The summed E-state index contributed by atoms with van der Waals surface area (Å²) in [7, 11) is 0. The van der Waals surface area contributed by atoms with E-state index in [4.69, 9.17) is 0 Å². The monoisotopic (exact) mass is 426 g/mol. The third kappa shape index (κ3) is 2.77. The summed E-state index contributed by atoms with van der Waals surface area (Å²) >= 11 is 0. The van der Waals surface area contributed by atoms with Gasteiger partial charge in [0.1, 0.15) is 0 Å². The molecule has 0 heterocycles. The van der Waals surface area contributed by atoms with Crippen molar-refractivity contribution in [2.75, 3.05) is 0 Å². The van der Waals surface area contributed by atoms with Crippen molar-refractivity contribution in [3.05, 3.63) is 12.2 Å². The van der Waals surface area contributed by atoms with Gasteiger partial charge in [-0.3, -0.25) is 0 Å². The number of rotatable bonds is 1. The number of hydrogen-bond acceptors (Lipinski definition) is 1. The summed E-state index contributed by atoms with van der Waals surface area (Å²) in [5.74, 6) is 3.99. The molecule has 0 aliphatic heterocycles. The fourth-order valence-electron chi connectivity index (χ4n) is 11.8. The zero-order chi connectivity index (χ0) is 22.6. The van der Waals surface area contributed by atoms with Crippen LogP contribution >= 0.6 is 0 Å². The van der Waals surface area contributed by atoms with Crippen molar-refractivity contribution < 1.29 is 5.11 Å². The van der Waals surface area contributed by atoms with Gasteiger partial charge >= 0.3 is 0 Å². The van der Waals surface area contributed by atoms with Crippen LogP contribution in [0.15, 0.2) is 12.2 Å². The van der Waals surface area contributed by atoms with E-state index in [0.29, 0.717) is 21.7 Å². The van der Waals surface area contributed by atoms with Gasteiger partial charge in [0.15, 0.2) is 0 Å². The standard InChI is InChI=1S/C30H50O/c1-19(2)21-11-13-27(5)15-16-29(7)22(25(21)27)9-10-24-28(6)18-20(31)17-26(3,4)23(28)12-14-30(24,29)8/h20-25,31H,1,9-18H2,2-8H3/t20-,21-,22+,23-,24+,25+,27+,28-,29+,30+/m0/s1. The Kier molecular flexibility index (Phi) is 4.82. The molecule has 1 nitrogen and oxygen atoms in total. The summed E-state index contributed by atoms with van der Waals surface area (Å²) in [4.78, 5) is 0. The number of aliphatic hydroxyl groups excluding tert-OH is 1. The van der Waals surface area contributed by atoms with Gasteiger partial charge < -0.3 is 5.11 Å². The van der Waals surface area contributed by atoms with E-state index in [0.717, 1.165) is 42.4 Å². The zero-order valence-electron chi connectivity index (χ0n) is 21.7. The lowest BCUT2D eigenvalue weighted by atomic mass is 9.32. The average molecular weight is 427 g/mol. The van der Waals surface area contributed by atoms with Crippen molar-refractivity contribution in [3.8, 4) is 0 Å². The highest BCUT2D eigenvalue weighted by atomic mass is 16.3. The lowest BCUT2D eigenvalue weighted by Gasteiger charge is -2.72. The molecular weight excluding hydrogens is 376 g/mol. The van der Waals surface area contributed by atoms with Crippen molar-refractivity contribution >= 4 is 0 Å². The van der Waals surface area contributed by atoms with E-state index in [1.165, 1.54) is 56.9 Å². The van der Waals surface area contributed by atoms with E-state index in [-0.39, 0.29) is 11.5 Å². The maximum Gasteiger partial charge on any atom is 0.0550 e. The fraction of sp³-hybridized carbons (Fsp3) is 0.933. The minimum Gasteiger partial charge on any atom is -0.393 e. The summed E-state index contributed by atoms with van der Waals surface area (Å²) in [5, 5.41) is 11.0. The first-order valence-electron chi connectivity index (χ1n) is 13.6. The van der Waals surface area contributed by atoms with Crippen LogP contribution in [0, 0.1) is 56.7 Å². The Bertz CT molecular complexity index is 766. The van der Waals surface area contributed by atoms with Crippen LogP contribution in [-0.4, -0.2) is 11.2 Å². The molecule has 5 rings (SSSR count). The molecule has 1 N–H and O–H groups in total. The summed E-state index contributed by atoms with van der Waals surface area (Å²) in [6.07, 6.45) is 13.2. The molecule has 10 atom stereocenters. The number of allylic oxidation sites excluding steroid dienone is 1. The van der Waals surface area contributed by atoms with Gasteiger partial charge in [-0.2, -0.15) is 0 Å². The second kappa shape index (κ2) is 6.64. The van der Waals surface area contributed by atoms with Crippen LogP contribution < -0.4 is 0 Å². The zero-order valence-corrected chi connectivity index (χ0v) is 21.7.